The third-order valence-electron chi connectivity index (χ3n) is 3.27. The second-order valence-corrected chi connectivity index (χ2v) is 4.74. The van der Waals surface area contributed by atoms with E-state index in [1.165, 1.54) is 6.21 Å². The van der Waals surface area contributed by atoms with Gasteiger partial charge in [-0.2, -0.15) is 10.1 Å². The fourth-order valence-corrected chi connectivity index (χ4v) is 2.28. The Morgan fingerprint density at radius 3 is 2.20 bits per heavy atom. The highest BCUT2D eigenvalue weighted by Crippen LogP contribution is 2.22. The number of carbonyl (C=O) groups excluding carboxylic acids is 2. The van der Waals surface area contributed by atoms with E-state index >= 15 is 0 Å². The van der Waals surface area contributed by atoms with E-state index in [1.807, 2.05) is 19.9 Å². The molecule has 20 heavy (non-hydrogen) atoms. The number of H-pyrrole nitrogens is 1. The van der Waals surface area contributed by atoms with Gasteiger partial charge in [-0.05, 0) is 32.0 Å². The first kappa shape index (κ1) is 12.3. The quantitative estimate of drug-likeness (QED) is 0.670. The van der Waals surface area contributed by atoms with Gasteiger partial charge in [-0.25, -0.2) is 0 Å². The van der Waals surface area contributed by atoms with E-state index in [4.69, 9.17) is 0 Å². The van der Waals surface area contributed by atoms with Crippen LogP contribution in [0.25, 0.3) is 0 Å². The smallest absolute Gasteiger partial charge is 0.282 e. The average molecular weight is 267 g/mol. The molecule has 1 aliphatic rings. The van der Waals surface area contributed by atoms with E-state index in [1.54, 1.807) is 24.3 Å². The molecule has 1 aliphatic heterocycles. The molecule has 2 aromatic rings. The summed E-state index contributed by atoms with van der Waals surface area (Å²) in [6, 6.07) is 8.65. The Hall–Kier alpha value is -2.69. The number of aromatic nitrogens is 1. The molecule has 0 fully saturated rings. The number of aromatic amines is 1. The van der Waals surface area contributed by atoms with E-state index in [0.717, 1.165) is 22.0 Å². The Kier molecular flexibility index (Phi) is 2.75. The maximum absolute atomic E-state index is 12.1. The minimum atomic E-state index is -0.383. The Morgan fingerprint density at radius 2 is 1.70 bits per heavy atom. The van der Waals surface area contributed by atoms with Crippen molar-refractivity contribution in [1.29, 1.82) is 0 Å². The Labute approximate surface area is 115 Å². The lowest BCUT2D eigenvalue weighted by Crippen LogP contribution is -2.24. The highest BCUT2D eigenvalue weighted by Gasteiger charge is 2.35. The van der Waals surface area contributed by atoms with Crippen LogP contribution in [0.4, 0.5) is 0 Å². The van der Waals surface area contributed by atoms with Gasteiger partial charge in [0, 0.05) is 17.0 Å². The van der Waals surface area contributed by atoms with Crippen LogP contribution in [0.5, 0.6) is 0 Å². The number of rotatable bonds is 2. The molecule has 1 N–H and O–H groups in total. The summed E-state index contributed by atoms with van der Waals surface area (Å²) in [6.45, 7) is 3.85. The first-order chi connectivity index (χ1) is 9.58. The molecule has 2 amide bonds. The third-order valence-corrected chi connectivity index (χ3v) is 3.27. The van der Waals surface area contributed by atoms with Crippen molar-refractivity contribution in [3.8, 4) is 0 Å². The van der Waals surface area contributed by atoms with Crippen LogP contribution in [0.15, 0.2) is 35.4 Å². The third kappa shape index (κ3) is 1.84. The number of hydrogen-bond donors (Lipinski definition) is 1. The van der Waals surface area contributed by atoms with Crippen molar-refractivity contribution < 1.29 is 9.59 Å². The van der Waals surface area contributed by atoms with Crippen LogP contribution in [0, 0.1) is 13.8 Å². The fourth-order valence-electron chi connectivity index (χ4n) is 2.28. The summed E-state index contributed by atoms with van der Waals surface area (Å²) in [7, 11) is 0. The molecule has 0 spiro atoms. The van der Waals surface area contributed by atoms with Crippen LogP contribution in [-0.2, 0) is 0 Å². The number of aryl methyl sites for hydroxylation is 2. The number of hydrazone groups is 1. The van der Waals surface area contributed by atoms with E-state index in [9.17, 15) is 9.59 Å². The molecule has 0 radical (unpaired) electrons. The van der Waals surface area contributed by atoms with Crippen molar-refractivity contribution in [1.82, 2.24) is 9.99 Å². The lowest BCUT2D eigenvalue weighted by atomic mass is 10.1. The first-order valence-electron chi connectivity index (χ1n) is 6.26. The Bertz CT molecular complexity index is 708. The van der Waals surface area contributed by atoms with Gasteiger partial charge in [0.05, 0.1) is 17.3 Å². The summed E-state index contributed by atoms with van der Waals surface area (Å²) in [4.78, 5) is 27.3. The van der Waals surface area contributed by atoms with Gasteiger partial charge < -0.3 is 4.98 Å². The van der Waals surface area contributed by atoms with Crippen molar-refractivity contribution in [2.45, 2.75) is 13.8 Å². The van der Waals surface area contributed by atoms with Gasteiger partial charge in [0.15, 0.2) is 0 Å². The lowest BCUT2D eigenvalue weighted by Gasteiger charge is -2.05. The molecule has 3 rings (SSSR count). The zero-order valence-corrected chi connectivity index (χ0v) is 11.2. The van der Waals surface area contributed by atoms with Crippen LogP contribution >= 0.6 is 0 Å². The number of carbonyl (C=O) groups is 2. The minimum Gasteiger partial charge on any atom is -0.362 e. The molecule has 1 aromatic carbocycles. The highest BCUT2D eigenvalue weighted by molar-refractivity contribution is 6.21. The average Bonchev–Trinajstić information content (AvgIpc) is 2.87. The summed E-state index contributed by atoms with van der Waals surface area (Å²) >= 11 is 0. The van der Waals surface area contributed by atoms with E-state index in [-0.39, 0.29) is 11.8 Å². The summed E-state index contributed by atoms with van der Waals surface area (Å²) in [5, 5.41) is 4.94. The monoisotopic (exact) mass is 267 g/mol. The van der Waals surface area contributed by atoms with Crippen molar-refractivity contribution in [3.05, 3.63) is 58.4 Å². The van der Waals surface area contributed by atoms with E-state index in [2.05, 4.69) is 10.1 Å². The molecule has 0 bridgehead atoms. The number of nitrogens with zero attached hydrogens (tertiary/aromatic N) is 2. The SMILES string of the molecule is Cc1cc(/C=N/N2C(=O)c3ccccc3C2=O)c(C)[nH]1. The molecule has 100 valence electrons. The zero-order chi connectivity index (χ0) is 14.3. The summed E-state index contributed by atoms with van der Waals surface area (Å²) in [5.41, 5.74) is 3.61. The maximum atomic E-state index is 12.1. The van der Waals surface area contributed by atoms with Crippen molar-refractivity contribution >= 4 is 18.0 Å². The predicted octanol–water partition coefficient (Wildman–Crippen LogP) is 2.26. The molecular formula is C15H13N3O2. The first-order valence-corrected chi connectivity index (χ1v) is 6.26. The number of benzene rings is 1. The van der Waals surface area contributed by atoms with Crippen molar-refractivity contribution in [3.63, 3.8) is 0 Å². The van der Waals surface area contributed by atoms with E-state index in [0.29, 0.717) is 11.1 Å². The van der Waals surface area contributed by atoms with Gasteiger partial charge in [0.25, 0.3) is 11.8 Å². The van der Waals surface area contributed by atoms with Gasteiger partial charge in [0.1, 0.15) is 0 Å². The second kappa shape index (κ2) is 4.45. The van der Waals surface area contributed by atoms with Crippen LogP contribution < -0.4 is 0 Å². The lowest BCUT2D eigenvalue weighted by molar-refractivity contribution is 0.0660. The van der Waals surface area contributed by atoms with Crippen LogP contribution in [-0.4, -0.2) is 28.0 Å². The number of hydrogen-bond acceptors (Lipinski definition) is 3. The number of fused-ring (bicyclic) bond motifs is 1. The minimum absolute atomic E-state index is 0.383. The topological polar surface area (TPSA) is 65.5 Å². The van der Waals surface area contributed by atoms with Crippen molar-refractivity contribution in [2.75, 3.05) is 0 Å². The molecule has 0 saturated heterocycles. The van der Waals surface area contributed by atoms with Gasteiger partial charge in [-0.3, -0.25) is 9.59 Å². The fraction of sp³-hybridized carbons (Fsp3) is 0.133. The van der Waals surface area contributed by atoms with Crippen LogP contribution in [0.2, 0.25) is 0 Å². The number of amides is 2. The molecule has 0 unspecified atom stereocenters. The maximum Gasteiger partial charge on any atom is 0.282 e. The van der Waals surface area contributed by atoms with Crippen LogP contribution in [0.1, 0.15) is 37.7 Å². The molecule has 5 heteroatoms. The summed E-state index contributed by atoms with van der Waals surface area (Å²) < 4.78 is 0. The summed E-state index contributed by atoms with van der Waals surface area (Å²) in [5.74, 6) is -0.765. The van der Waals surface area contributed by atoms with Gasteiger partial charge in [0.2, 0.25) is 0 Å². The molecule has 0 aliphatic carbocycles. The molecule has 0 saturated carbocycles. The normalized spacial score (nSPS) is 14.4. The Balaban J connectivity index is 1.92. The second-order valence-electron chi connectivity index (χ2n) is 4.74. The number of imide groups is 1. The largest absolute Gasteiger partial charge is 0.362 e. The van der Waals surface area contributed by atoms with E-state index < -0.39 is 0 Å². The zero-order valence-electron chi connectivity index (χ0n) is 11.2. The molecule has 5 nitrogen and oxygen atoms in total. The predicted molar refractivity (Wildman–Crippen MR) is 74.8 cm³/mol. The van der Waals surface area contributed by atoms with Gasteiger partial charge >= 0.3 is 0 Å². The van der Waals surface area contributed by atoms with Crippen molar-refractivity contribution in [2.24, 2.45) is 5.10 Å². The molecular weight excluding hydrogens is 254 g/mol. The van der Waals surface area contributed by atoms with Gasteiger partial charge in [-0.15, -0.1) is 0 Å². The molecule has 1 aromatic heterocycles. The summed E-state index contributed by atoms with van der Waals surface area (Å²) in [6.07, 6.45) is 1.53. The highest BCUT2D eigenvalue weighted by atomic mass is 16.2. The standard InChI is InChI=1S/C15H13N3O2/c1-9-7-11(10(2)17-9)8-16-18-14(19)12-5-3-4-6-13(12)15(18)20/h3-8,17H,1-2H3/b16-8+. The molecule has 0 atom stereocenters. The number of nitrogens with one attached hydrogen (secondary N) is 1. The van der Waals surface area contributed by atoms with Gasteiger partial charge in [-0.1, -0.05) is 12.1 Å². The Morgan fingerprint density at radius 1 is 1.10 bits per heavy atom. The molecule has 2 heterocycles. The van der Waals surface area contributed by atoms with Crippen LogP contribution in [0.3, 0.4) is 0 Å².